The molecule has 1 aliphatic rings. The number of benzene rings is 2. The second-order valence-electron chi connectivity index (χ2n) is 6.92. The lowest BCUT2D eigenvalue weighted by molar-refractivity contribution is -0.112. The van der Waals surface area contributed by atoms with E-state index in [2.05, 4.69) is 9.71 Å². The van der Waals surface area contributed by atoms with Gasteiger partial charge in [-0.05, 0) is 61.7 Å². The second-order valence-corrected chi connectivity index (χ2v) is 8.47. The number of nitrogens with one attached hydrogen (secondary N) is 1. The van der Waals surface area contributed by atoms with Crippen LogP contribution in [0.1, 0.15) is 23.6 Å². The average Bonchev–Trinajstić information content (AvgIpc) is 2.63. The van der Waals surface area contributed by atoms with Crippen LogP contribution in [-0.4, -0.2) is 31.5 Å². The van der Waals surface area contributed by atoms with Gasteiger partial charge in [0.25, 0.3) is 5.91 Å². The topological polar surface area (TPSA) is 88.1 Å². The molecule has 0 unspecified atom stereocenters. The van der Waals surface area contributed by atoms with Gasteiger partial charge in [0, 0.05) is 11.9 Å². The molecule has 0 aliphatic carbocycles. The number of carbonyl (C=O) groups is 1. The van der Waals surface area contributed by atoms with Crippen LogP contribution in [0.4, 0.5) is 5.69 Å². The van der Waals surface area contributed by atoms with Crippen LogP contribution in [0.15, 0.2) is 58.6 Å². The van der Waals surface area contributed by atoms with E-state index in [1.165, 1.54) is 13.1 Å². The Morgan fingerprint density at radius 1 is 1.07 bits per heavy atom. The van der Waals surface area contributed by atoms with Gasteiger partial charge in [-0.15, -0.1) is 4.40 Å². The standard InChI is InChI=1S/C21H23N3O4S/c1-14-9-15(2)11-18(10-14)22-21(25)20-13-24(29(26,27)23-16(20)3)12-17-5-7-19(28-4)8-6-17/h5-11,13H,12H2,1-4H3,(H,22,25). The maximum Gasteiger partial charge on any atom is 0.344 e. The molecule has 1 heterocycles. The summed E-state index contributed by atoms with van der Waals surface area (Å²) in [7, 11) is -2.35. The van der Waals surface area contributed by atoms with Crippen molar-refractivity contribution in [1.29, 1.82) is 0 Å². The van der Waals surface area contributed by atoms with E-state index in [1.807, 2.05) is 32.0 Å². The maximum absolute atomic E-state index is 12.8. The van der Waals surface area contributed by atoms with Gasteiger partial charge in [-0.2, -0.15) is 8.42 Å². The number of carbonyl (C=O) groups excluding carboxylic acids is 1. The predicted octanol–water partition coefficient (Wildman–Crippen LogP) is 3.36. The van der Waals surface area contributed by atoms with Crippen molar-refractivity contribution in [2.24, 2.45) is 4.40 Å². The minimum Gasteiger partial charge on any atom is -0.497 e. The third kappa shape index (κ3) is 4.83. The molecule has 1 amide bonds. The first-order chi connectivity index (χ1) is 13.7. The fourth-order valence-electron chi connectivity index (χ4n) is 3.08. The van der Waals surface area contributed by atoms with Gasteiger partial charge in [-0.1, -0.05) is 18.2 Å². The molecule has 1 aliphatic heterocycles. The number of amides is 1. The van der Waals surface area contributed by atoms with Crippen molar-refractivity contribution in [3.63, 3.8) is 0 Å². The van der Waals surface area contributed by atoms with Crippen molar-refractivity contribution < 1.29 is 17.9 Å². The molecule has 2 aromatic rings. The Bertz CT molecular complexity index is 1080. The van der Waals surface area contributed by atoms with Crippen molar-refractivity contribution >= 4 is 27.5 Å². The van der Waals surface area contributed by atoms with E-state index in [9.17, 15) is 13.2 Å². The number of nitrogens with zero attached hydrogens (tertiary/aromatic N) is 2. The van der Waals surface area contributed by atoms with Crippen LogP contribution in [0.5, 0.6) is 5.75 Å². The molecule has 1 N–H and O–H groups in total. The van der Waals surface area contributed by atoms with Gasteiger partial charge in [0.2, 0.25) is 0 Å². The Morgan fingerprint density at radius 3 is 2.28 bits per heavy atom. The van der Waals surface area contributed by atoms with Gasteiger partial charge < -0.3 is 10.1 Å². The normalized spacial score (nSPS) is 15.4. The summed E-state index contributed by atoms with van der Waals surface area (Å²) in [6.45, 7) is 5.45. The Hall–Kier alpha value is -3.13. The summed E-state index contributed by atoms with van der Waals surface area (Å²) < 4.78 is 34.9. The largest absolute Gasteiger partial charge is 0.497 e. The average molecular weight is 413 g/mol. The van der Waals surface area contributed by atoms with E-state index in [1.54, 1.807) is 31.4 Å². The lowest BCUT2D eigenvalue weighted by Crippen LogP contribution is -2.32. The molecule has 152 valence electrons. The monoisotopic (exact) mass is 413 g/mol. The summed E-state index contributed by atoms with van der Waals surface area (Å²) >= 11 is 0. The number of aryl methyl sites for hydroxylation is 2. The number of rotatable bonds is 5. The summed E-state index contributed by atoms with van der Waals surface area (Å²) in [4.78, 5) is 12.8. The first-order valence-electron chi connectivity index (χ1n) is 9.01. The molecule has 7 nitrogen and oxygen atoms in total. The van der Waals surface area contributed by atoms with Crippen LogP contribution in [0, 0.1) is 13.8 Å². The molecule has 0 atom stereocenters. The first kappa shape index (κ1) is 20.6. The summed E-state index contributed by atoms with van der Waals surface area (Å²) in [6.07, 6.45) is 1.33. The predicted molar refractivity (Wildman–Crippen MR) is 113 cm³/mol. The van der Waals surface area contributed by atoms with E-state index in [0.29, 0.717) is 11.4 Å². The van der Waals surface area contributed by atoms with Crippen LogP contribution in [0.25, 0.3) is 0 Å². The van der Waals surface area contributed by atoms with Crippen molar-refractivity contribution in [1.82, 2.24) is 4.31 Å². The van der Waals surface area contributed by atoms with Crippen LogP contribution >= 0.6 is 0 Å². The van der Waals surface area contributed by atoms with E-state index >= 15 is 0 Å². The lowest BCUT2D eigenvalue weighted by Gasteiger charge is -2.24. The van der Waals surface area contributed by atoms with E-state index in [4.69, 9.17) is 4.74 Å². The molecule has 2 aromatic carbocycles. The van der Waals surface area contributed by atoms with Gasteiger partial charge in [0.05, 0.1) is 24.9 Å². The van der Waals surface area contributed by atoms with Gasteiger partial charge in [0.1, 0.15) is 5.75 Å². The second kappa shape index (κ2) is 8.08. The van der Waals surface area contributed by atoms with Crippen LogP contribution in [-0.2, 0) is 21.5 Å². The SMILES string of the molecule is COc1ccc(CN2C=C(C(=O)Nc3cc(C)cc(C)c3)C(C)=NS2(=O)=O)cc1. The quantitative estimate of drug-likeness (QED) is 0.814. The molecule has 0 spiro atoms. The lowest BCUT2D eigenvalue weighted by atomic mass is 10.1. The van der Waals surface area contributed by atoms with Gasteiger partial charge in [-0.25, -0.2) is 0 Å². The third-order valence-corrected chi connectivity index (χ3v) is 5.76. The highest BCUT2D eigenvalue weighted by Gasteiger charge is 2.28. The molecular weight excluding hydrogens is 390 g/mol. The summed E-state index contributed by atoms with van der Waals surface area (Å²) in [6, 6.07) is 12.7. The Morgan fingerprint density at radius 2 is 1.69 bits per heavy atom. The van der Waals surface area contributed by atoms with E-state index in [-0.39, 0.29) is 17.8 Å². The zero-order chi connectivity index (χ0) is 21.2. The highest BCUT2D eigenvalue weighted by Crippen LogP contribution is 2.22. The summed E-state index contributed by atoms with van der Waals surface area (Å²) in [5.41, 5.74) is 3.79. The smallest absolute Gasteiger partial charge is 0.344 e. The minimum absolute atomic E-state index is 0.0590. The minimum atomic E-state index is -3.91. The fraction of sp³-hybridized carbons (Fsp3) is 0.238. The molecule has 0 saturated heterocycles. The highest BCUT2D eigenvalue weighted by atomic mass is 32.2. The number of anilines is 1. The molecule has 0 radical (unpaired) electrons. The molecule has 0 saturated carbocycles. The van der Waals surface area contributed by atoms with Crippen molar-refractivity contribution in [3.8, 4) is 5.75 Å². The Balaban J connectivity index is 1.86. The van der Waals surface area contributed by atoms with Gasteiger partial charge >= 0.3 is 10.2 Å². The number of methoxy groups -OCH3 is 1. The van der Waals surface area contributed by atoms with Crippen LogP contribution < -0.4 is 10.1 Å². The molecule has 29 heavy (non-hydrogen) atoms. The molecule has 0 aromatic heterocycles. The molecule has 8 heteroatoms. The van der Waals surface area contributed by atoms with Crippen LogP contribution in [0.3, 0.4) is 0 Å². The van der Waals surface area contributed by atoms with Crippen molar-refractivity contribution in [2.75, 3.05) is 12.4 Å². The highest BCUT2D eigenvalue weighted by molar-refractivity contribution is 7.88. The Kier molecular flexibility index (Phi) is 5.74. The van der Waals surface area contributed by atoms with Crippen molar-refractivity contribution in [2.45, 2.75) is 27.3 Å². The van der Waals surface area contributed by atoms with Crippen molar-refractivity contribution in [3.05, 3.63) is 70.9 Å². The fourth-order valence-corrected chi connectivity index (χ4v) is 4.19. The first-order valence-corrected chi connectivity index (χ1v) is 10.4. The van der Waals surface area contributed by atoms with E-state index in [0.717, 1.165) is 21.0 Å². The third-order valence-electron chi connectivity index (χ3n) is 4.43. The number of hydrogen-bond donors (Lipinski definition) is 1. The molecule has 0 fully saturated rings. The molecule has 3 rings (SSSR count). The molecule has 0 bridgehead atoms. The molecular formula is C21H23N3O4S. The summed E-state index contributed by atoms with van der Waals surface area (Å²) in [5.74, 6) is 0.263. The zero-order valence-corrected chi connectivity index (χ0v) is 17.6. The summed E-state index contributed by atoms with van der Waals surface area (Å²) in [5, 5.41) is 2.82. The van der Waals surface area contributed by atoms with Gasteiger partial charge in [-0.3, -0.25) is 9.10 Å². The zero-order valence-electron chi connectivity index (χ0n) is 16.8. The Labute approximate surface area is 170 Å². The van der Waals surface area contributed by atoms with E-state index < -0.39 is 16.1 Å². The van der Waals surface area contributed by atoms with Gasteiger partial charge in [0.15, 0.2) is 0 Å². The number of ether oxygens (including phenoxy) is 1. The number of hydrogen-bond acceptors (Lipinski definition) is 4. The maximum atomic E-state index is 12.8. The van der Waals surface area contributed by atoms with Crippen LogP contribution in [0.2, 0.25) is 0 Å².